The first kappa shape index (κ1) is 14.2. The van der Waals surface area contributed by atoms with Crippen molar-refractivity contribution in [1.82, 2.24) is 15.1 Å². The van der Waals surface area contributed by atoms with E-state index in [1.165, 1.54) is 37.1 Å². The number of aromatic nitrogens is 2. The van der Waals surface area contributed by atoms with Gasteiger partial charge in [0.05, 0.1) is 5.69 Å². The van der Waals surface area contributed by atoms with Crippen LogP contribution < -0.4 is 4.74 Å². The van der Waals surface area contributed by atoms with Crippen LogP contribution in [0.1, 0.15) is 24.0 Å². The molecule has 1 aliphatic carbocycles. The average molecular weight is 319 g/mol. The molecule has 4 nitrogen and oxygen atoms in total. The van der Waals surface area contributed by atoms with Gasteiger partial charge in [-0.15, -0.1) is 10.2 Å². The highest BCUT2D eigenvalue weighted by molar-refractivity contribution is 5.69. The van der Waals surface area contributed by atoms with Crippen molar-refractivity contribution >= 4 is 6.08 Å². The molecule has 0 amide bonds. The maximum atomic E-state index is 6.13. The van der Waals surface area contributed by atoms with Gasteiger partial charge in [0, 0.05) is 18.2 Å². The van der Waals surface area contributed by atoms with Crippen LogP contribution in [0.25, 0.3) is 17.3 Å². The molecule has 4 heterocycles. The van der Waals surface area contributed by atoms with Gasteiger partial charge < -0.3 is 4.74 Å². The number of hydrogen-bond acceptors (Lipinski definition) is 4. The van der Waals surface area contributed by atoms with Crippen LogP contribution in [0.4, 0.5) is 0 Å². The van der Waals surface area contributed by atoms with Crippen molar-refractivity contribution in [3.05, 3.63) is 47.5 Å². The summed E-state index contributed by atoms with van der Waals surface area (Å²) in [5.74, 6) is 1.33. The van der Waals surface area contributed by atoms with E-state index in [1.54, 1.807) is 0 Å². The Morgan fingerprint density at radius 2 is 1.96 bits per heavy atom. The van der Waals surface area contributed by atoms with E-state index in [9.17, 15) is 0 Å². The number of benzene rings is 1. The van der Waals surface area contributed by atoms with Crippen molar-refractivity contribution in [2.75, 3.05) is 19.6 Å². The zero-order chi connectivity index (χ0) is 15.9. The van der Waals surface area contributed by atoms with Gasteiger partial charge in [0.2, 0.25) is 5.88 Å². The summed E-state index contributed by atoms with van der Waals surface area (Å²) in [4.78, 5) is 2.49. The number of hydrogen-bond donors (Lipinski definition) is 0. The standard InChI is InChI=1S/C20H21N3O/c1-2-14-4-5-17(12-16(14)3-1)18-6-7-20(22-21-18)24-19-13-23-10-8-15(19)9-11-23/h1,3-7,12,15,19H,2,8-11,13H2/t19-/m0/s1. The molecule has 0 unspecified atom stereocenters. The van der Waals surface area contributed by atoms with E-state index in [0.29, 0.717) is 11.8 Å². The quantitative estimate of drug-likeness (QED) is 0.871. The molecule has 24 heavy (non-hydrogen) atoms. The number of fused-ring (bicyclic) bond motifs is 4. The second-order valence-electron chi connectivity index (χ2n) is 7.07. The minimum atomic E-state index is 0.276. The molecule has 3 saturated heterocycles. The first-order chi connectivity index (χ1) is 11.8. The second-order valence-corrected chi connectivity index (χ2v) is 7.07. The fourth-order valence-corrected chi connectivity index (χ4v) is 4.14. The van der Waals surface area contributed by atoms with Gasteiger partial charge in [0.25, 0.3) is 0 Å². The highest BCUT2D eigenvalue weighted by Crippen LogP contribution is 2.30. The lowest BCUT2D eigenvalue weighted by molar-refractivity contribution is -0.0103. The van der Waals surface area contributed by atoms with Gasteiger partial charge in [-0.05, 0) is 61.5 Å². The van der Waals surface area contributed by atoms with Crippen molar-refractivity contribution in [3.63, 3.8) is 0 Å². The van der Waals surface area contributed by atoms with Crippen LogP contribution in [-0.2, 0) is 6.42 Å². The first-order valence-electron chi connectivity index (χ1n) is 8.88. The van der Waals surface area contributed by atoms with Crippen LogP contribution in [-0.4, -0.2) is 40.8 Å². The molecule has 1 aromatic carbocycles. The molecule has 2 bridgehead atoms. The lowest BCUT2D eigenvalue weighted by Crippen LogP contribution is -2.52. The van der Waals surface area contributed by atoms with Gasteiger partial charge in [0.15, 0.2) is 0 Å². The van der Waals surface area contributed by atoms with Crippen molar-refractivity contribution in [3.8, 4) is 17.1 Å². The van der Waals surface area contributed by atoms with Crippen LogP contribution in [0, 0.1) is 5.92 Å². The zero-order valence-corrected chi connectivity index (χ0v) is 13.7. The van der Waals surface area contributed by atoms with Gasteiger partial charge in [-0.2, -0.15) is 0 Å². The maximum absolute atomic E-state index is 6.13. The van der Waals surface area contributed by atoms with E-state index in [-0.39, 0.29) is 6.10 Å². The van der Waals surface area contributed by atoms with Gasteiger partial charge in [-0.25, -0.2) is 0 Å². The van der Waals surface area contributed by atoms with Crippen LogP contribution in [0.2, 0.25) is 0 Å². The molecule has 6 rings (SSSR count). The lowest BCUT2D eigenvalue weighted by atomic mass is 9.86. The number of ether oxygens (including phenoxy) is 1. The molecule has 1 atom stereocenters. The smallest absolute Gasteiger partial charge is 0.233 e. The molecular weight excluding hydrogens is 298 g/mol. The Labute approximate surface area is 142 Å². The fraction of sp³-hybridized carbons (Fsp3) is 0.400. The summed E-state index contributed by atoms with van der Waals surface area (Å²) in [6.45, 7) is 3.48. The Bertz CT molecular complexity index is 776. The van der Waals surface area contributed by atoms with Gasteiger partial charge in [-0.3, -0.25) is 4.90 Å². The third kappa shape index (κ3) is 2.51. The largest absolute Gasteiger partial charge is 0.472 e. The number of rotatable bonds is 3. The zero-order valence-electron chi connectivity index (χ0n) is 13.7. The van der Waals surface area contributed by atoms with E-state index in [4.69, 9.17) is 4.74 Å². The Morgan fingerprint density at radius 1 is 1.04 bits per heavy atom. The van der Waals surface area contributed by atoms with E-state index in [1.807, 2.05) is 12.1 Å². The SMILES string of the molecule is C1=Cc2cc(-c3ccc(O[C@H]4CN5CCC4CC5)nn3)ccc2C1. The van der Waals surface area contributed by atoms with E-state index in [2.05, 4.69) is 45.4 Å². The molecule has 3 fully saturated rings. The van der Waals surface area contributed by atoms with Gasteiger partial charge in [-0.1, -0.05) is 24.3 Å². The summed E-state index contributed by atoms with van der Waals surface area (Å²) in [6, 6.07) is 10.5. The van der Waals surface area contributed by atoms with Crippen molar-refractivity contribution in [1.29, 1.82) is 0 Å². The summed E-state index contributed by atoms with van der Waals surface area (Å²) in [7, 11) is 0. The molecule has 4 aliphatic rings. The van der Waals surface area contributed by atoms with Crippen molar-refractivity contribution in [2.45, 2.75) is 25.4 Å². The maximum Gasteiger partial charge on any atom is 0.233 e. The molecule has 122 valence electrons. The summed E-state index contributed by atoms with van der Waals surface area (Å²) in [5, 5.41) is 8.71. The molecule has 2 aromatic rings. The Kier molecular flexibility index (Phi) is 3.37. The van der Waals surface area contributed by atoms with Crippen molar-refractivity contribution in [2.24, 2.45) is 5.92 Å². The van der Waals surface area contributed by atoms with Gasteiger partial charge in [0.1, 0.15) is 6.10 Å². The Balaban J connectivity index is 1.33. The minimum absolute atomic E-state index is 0.276. The van der Waals surface area contributed by atoms with Crippen LogP contribution in [0.3, 0.4) is 0 Å². The number of allylic oxidation sites excluding steroid dienone is 1. The summed E-state index contributed by atoms with van der Waals surface area (Å²) >= 11 is 0. The topological polar surface area (TPSA) is 38.2 Å². The first-order valence-corrected chi connectivity index (χ1v) is 8.88. The predicted octanol–water partition coefficient (Wildman–Crippen LogP) is 3.19. The monoisotopic (exact) mass is 319 g/mol. The van der Waals surface area contributed by atoms with Crippen LogP contribution in [0.5, 0.6) is 5.88 Å². The highest BCUT2D eigenvalue weighted by atomic mass is 16.5. The summed E-state index contributed by atoms with van der Waals surface area (Å²) < 4.78 is 6.13. The van der Waals surface area contributed by atoms with Crippen LogP contribution in [0.15, 0.2) is 36.4 Å². The molecule has 0 radical (unpaired) electrons. The lowest BCUT2D eigenvalue weighted by Gasteiger charge is -2.44. The van der Waals surface area contributed by atoms with E-state index >= 15 is 0 Å². The number of nitrogens with zero attached hydrogens (tertiary/aromatic N) is 3. The minimum Gasteiger partial charge on any atom is -0.472 e. The Morgan fingerprint density at radius 3 is 2.71 bits per heavy atom. The molecule has 1 aromatic heterocycles. The third-order valence-corrected chi connectivity index (χ3v) is 5.59. The normalized spacial score (nSPS) is 27.2. The molecule has 0 spiro atoms. The fourth-order valence-electron chi connectivity index (χ4n) is 4.14. The Hall–Kier alpha value is -2.20. The van der Waals surface area contributed by atoms with E-state index in [0.717, 1.165) is 24.2 Å². The second kappa shape index (κ2) is 5.71. The average Bonchev–Trinajstić information content (AvgIpc) is 3.11. The van der Waals surface area contributed by atoms with E-state index < -0.39 is 0 Å². The highest BCUT2D eigenvalue weighted by Gasteiger charge is 2.35. The summed E-state index contributed by atoms with van der Waals surface area (Å²) in [6.07, 6.45) is 8.19. The molecule has 3 aliphatic heterocycles. The van der Waals surface area contributed by atoms with Crippen molar-refractivity contribution < 1.29 is 4.74 Å². The molecule has 0 saturated carbocycles. The molecular formula is C20H21N3O. The van der Waals surface area contributed by atoms with Crippen LogP contribution >= 0.6 is 0 Å². The predicted molar refractivity (Wildman–Crippen MR) is 93.8 cm³/mol. The van der Waals surface area contributed by atoms with Gasteiger partial charge >= 0.3 is 0 Å². The molecule has 4 heteroatoms. The number of piperidine rings is 3. The molecule has 0 N–H and O–H groups in total. The third-order valence-electron chi connectivity index (χ3n) is 5.59. The summed E-state index contributed by atoms with van der Waals surface area (Å²) in [5.41, 5.74) is 4.69.